The van der Waals surface area contributed by atoms with Crippen molar-refractivity contribution in [3.05, 3.63) is 54.7 Å². The lowest BCUT2D eigenvalue weighted by Gasteiger charge is -2.11. The summed E-state index contributed by atoms with van der Waals surface area (Å²) in [6.45, 7) is 4.21. The average molecular weight is 646 g/mol. The van der Waals surface area contributed by atoms with E-state index < -0.39 is 11.9 Å². The smallest absolute Gasteiger partial charge is 0.344 e. The van der Waals surface area contributed by atoms with Crippen molar-refractivity contribution in [2.75, 3.05) is 25.1 Å². The van der Waals surface area contributed by atoms with Crippen LogP contribution in [0.4, 0.5) is 5.69 Å². The molecule has 0 aliphatic rings. The Morgan fingerprint density at radius 1 is 1.10 bits per heavy atom. The summed E-state index contributed by atoms with van der Waals surface area (Å²) < 4.78 is 17.3. The van der Waals surface area contributed by atoms with Gasteiger partial charge in [0, 0.05) is 11.8 Å². The summed E-state index contributed by atoms with van der Waals surface area (Å²) >= 11 is 4.15. The number of rotatable bonds is 9. The molecule has 0 atom stereocenters. The molecule has 0 aliphatic carbocycles. The number of hydrogen-bond acceptors (Lipinski definition) is 6. The molecule has 0 aromatic heterocycles. The number of halogens is 2. The Balaban J connectivity index is 2.18. The van der Waals surface area contributed by atoms with Crippen LogP contribution in [0, 0.1) is 18.5 Å². The number of nitriles is 1. The first-order valence-corrected chi connectivity index (χ1v) is 11.5. The molecule has 2 rings (SSSR count). The molecule has 1 amide bonds. The zero-order valence-electron chi connectivity index (χ0n) is 16.9. The first kappa shape index (κ1) is 24.9. The van der Waals surface area contributed by atoms with Gasteiger partial charge in [0.2, 0.25) is 0 Å². The van der Waals surface area contributed by atoms with Gasteiger partial charge in [0.15, 0.2) is 6.61 Å². The van der Waals surface area contributed by atoms with Crippen molar-refractivity contribution in [3.63, 3.8) is 0 Å². The van der Waals surface area contributed by atoms with Crippen LogP contribution in [0.15, 0.2) is 42.0 Å². The molecule has 7 nitrogen and oxygen atoms in total. The van der Waals surface area contributed by atoms with E-state index in [9.17, 15) is 14.9 Å². The predicted molar refractivity (Wildman–Crippen MR) is 134 cm³/mol. The van der Waals surface area contributed by atoms with E-state index in [0.717, 1.165) is 7.14 Å². The van der Waals surface area contributed by atoms with Crippen LogP contribution in [0.25, 0.3) is 6.08 Å². The number of nitrogens with one attached hydrogen (secondary N) is 1. The summed E-state index contributed by atoms with van der Waals surface area (Å²) in [6.07, 6.45) is 1.50. The van der Waals surface area contributed by atoms with Gasteiger partial charge in [-0.15, -0.1) is 0 Å². The maximum atomic E-state index is 12.6. The van der Waals surface area contributed by atoms with Gasteiger partial charge in [0.25, 0.3) is 5.91 Å². The second-order valence-corrected chi connectivity index (χ2v) is 8.32. The highest BCUT2D eigenvalue weighted by molar-refractivity contribution is 14.1. The highest BCUT2D eigenvalue weighted by atomic mass is 127. The molecule has 0 saturated heterocycles. The lowest BCUT2D eigenvalue weighted by molar-refractivity contribution is -0.145. The van der Waals surface area contributed by atoms with Crippen LogP contribution >= 0.6 is 45.2 Å². The summed E-state index contributed by atoms with van der Waals surface area (Å²) in [6, 6.07) is 12.4. The fourth-order valence-corrected chi connectivity index (χ4v) is 4.61. The maximum absolute atomic E-state index is 12.6. The molecular formula is C22H20I2N2O5. The third kappa shape index (κ3) is 7.70. The van der Waals surface area contributed by atoms with Gasteiger partial charge in [-0.2, -0.15) is 5.26 Å². The van der Waals surface area contributed by atoms with Crippen LogP contribution in [-0.2, 0) is 14.3 Å². The molecule has 0 saturated carbocycles. The molecule has 0 unspecified atom stereocenters. The molecule has 0 aliphatic heterocycles. The van der Waals surface area contributed by atoms with Crippen molar-refractivity contribution >= 4 is 68.8 Å². The van der Waals surface area contributed by atoms with Crippen LogP contribution in [0.3, 0.4) is 0 Å². The van der Waals surface area contributed by atoms with Crippen LogP contribution in [0.2, 0.25) is 0 Å². The zero-order chi connectivity index (χ0) is 22.8. The molecule has 0 heterocycles. The Labute approximate surface area is 208 Å². The van der Waals surface area contributed by atoms with Gasteiger partial charge in [0.05, 0.1) is 20.4 Å². The van der Waals surface area contributed by atoms with Crippen molar-refractivity contribution in [2.24, 2.45) is 0 Å². The lowest BCUT2D eigenvalue weighted by Crippen LogP contribution is -2.15. The van der Waals surface area contributed by atoms with E-state index in [4.69, 9.17) is 14.2 Å². The van der Waals surface area contributed by atoms with Gasteiger partial charge in [-0.05, 0) is 94.9 Å². The number of esters is 1. The average Bonchev–Trinajstić information content (AvgIpc) is 2.72. The first-order valence-electron chi connectivity index (χ1n) is 9.31. The Morgan fingerprint density at radius 3 is 2.42 bits per heavy atom. The maximum Gasteiger partial charge on any atom is 0.344 e. The standard InChI is InChI=1S/C22H20I2N2O5/c1-3-29-17-7-5-6-16(11-17)26-22(28)15(12-25)8-14-9-18(23)21(19(24)10-14)31-13-20(27)30-4-2/h5-11H,3-4,13H2,1-2H3,(H,26,28)/b15-8-. The van der Waals surface area contributed by atoms with Gasteiger partial charge in [-0.3, -0.25) is 4.79 Å². The molecule has 2 aromatic carbocycles. The number of benzene rings is 2. The summed E-state index contributed by atoms with van der Waals surface area (Å²) in [4.78, 5) is 24.1. The van der Waals surface area contributed by atoms with E-state index in [0.29, 0.717) is 29.4 Å². The van der Waals surface area contributed by atoms with E-state index in [-0.39, 0.29) is 18.8 Å². The molecule has 0 radical (unpaired) electrons. The number of anilines is 1. The van der Waals surface area contributed by atoms with E-state index >= 15 is 0 Å². The summed E-state index contributed by atoms with van der Waals surface area (Å²) in [5.41, 5.74) is 1.14. The van der Waals surface area contributed by atoms with Crippen molar-refractivity contribution in [3.8, 4) is 17.6 Å². The van der Waals surface area contributed by atoms with Gasteiger partial charge in [-0.25, -0.2) is 4.79 Å². The molecule has 1 N–H and O–H groups in total. The molecule has 0 spiro atoms. The van der Waals surface area contributed by atoms with Crippen LogP contribution < -0.4 is 14.8 Å². The summed E-state index contributed by atoms with van der Waals surface area (Å²) in [5, 5.41) is 12.2. The number of carbonyl (C=O) groups excluding carboxylic acids is 2. The summed E-state index contributed by atoms with van der Waals surface area (Å²) in [7, 11) is 0. The minimum atomic E-state index is -0.524. The van der Waals surface area contributed by atoms with Gasteiger partial charge in [-0.1, -0.05) is 6.07 Å². The lowest BCUT2D eigenvalue weighted by atomic mass is 10.1. The van der Waals surface area contributed by atoms with Gasteiger partial charge in [0.1, 0.15) is 23.1 Å². The fourth-order valence-electron chi connectivity index (χ4n) is 2.48. The third-order valence-corrected chi connectivity index (χ3v) is 5.34. The van der Waals surface area contributed by atoms with Gasteiger partial charge >= 0.3 is 5.97 Å². The van der Waals surface area contributed by atoms with E-state index in [2.05, 4.69) is 50.5 Å². The Hall–Kier alpha value is -2.33. The summed E-state index contributed by atoms with van der Waals surface area (Å²) in [5.74, 6) is 0.200. The topological polar surface area (TPSA) is 97.7 Å². The Kier molecular flexibility index (Phi) is 10.1. The molecule has 31 heavy (non-hydrogen) atoms. The minimum absolute atomic E-state index is 0.0476. The number of nitrogens with zero attached hydrogens (tertiary/aromatic N) is 1. The zero-order valence-corrected chi connectivity index (χ0v) is 21.2. The number of hydrogen-bond donors (Lipinski definition) is 1. The van der Waals surface area contributed by atoms with Crippen molar-refractivity contribution in [2.45, 2.75) is 13.8 Å². The SMILES string of the molecule is CCOC(=O)COc1c(I)cc(/C=C(/C#N)C(=O)Nc2cccc(OCC)c2)cc1I. The Morgan fingerprint density at radius 2 is 1.81 bits per heavy atom. The minimum Gasteiger partial charge on any atom is -0.494 e. The molecule has 162 valence electrons. The normalized spacial score (nSPS) is 10.7. The van der Waals surface area contributed by atoms with Crippen LogP contribution in [-0.4, -0.2) is 31.7 Å². The number of ether oxygens (including phenoxy) is 3. The predicted octanol–water partition coefficient (Wildman–Crippen LogP) is 4.78. The largest absolute Gasteiger partial charge is 0.494 e. The number of amides is 1. The second-order valence-electron chi connectivity index (χ2n) is 5.99. The molecule has 0 bridgehead atoms. The molecule has 9 heteroatoms. The van der Waals surface area contributed by atoms with Crippen LogP contribution in [0.1, 0.15) is 19.4 Å². The fraction of sp³-hybridized carbons (Fsp3) is 0.227. The highest BCUT2D eigenvalue weighted by Gasteiger charge is 2.14. The number of carbonyl (C=O) groups is 2. The Bertz CT molecular complexity index is 1010. The third-order valence-electron chi connectivity index (χ3n) is 3.74. The van der Waals surface area contributed by atoms with E-state index in [1.165, 1.54) is 6.08 Å². The van der Waals surface area contributed by atoms with Crippen molar-refractivity contribution in [1.29, 1.82) is 5.26 Å². The van der Waals surface area contributed by atoms with Gasteiger partial charge < -0.3 is 19.5 Å². The monoisotopic (exact) mass is 646 g/mol. The van der Waals surface area contributed by atoms with Crippen LogP contribution in [0.5, 0.6) is 11.5 Å². The molecule has 0 fully saturated rings. The quantitative estimate of drug-likeness (QED) is 0.182. The first-order chi connectivity index (χ1) is 14.9. The molecular weight excluding hydrogens is 626 g/mol. The molecule has 2 aromatic rings. The van der Waals surface area contributed by atoms with E-state index in [1.807, 2.05) is 13.0 Å². The second kappa shape index (κ2) is 12.5. The van der Waals surface area contributed by atoms with Crippen molar-refractivity contribution < 1.29 is 23.8 Å². The highest BCUT2D eigenvalue weighted by Crippen LogP contribution is 2.30. The van der Waals surface area contributed by atoms with E-state index in [1.54, 1.807) is 43.3 Å². The van der Waals surface area contributed by atoms with Crippen molar-refractivity contribution in [1.82, 2.24) is 0 Å².